The average molecular weight is 315 g/mol. The fourth-order valence-electron chi connectivity index (χ4n) is 1.32. The number of carbonyl (C=O) groups is 1. The minimum Gasteiger partial charge on any atom is -0.488 e. The number of amides is 1. The van der Waals surface area contributed by atoms with E-state index in [0.29, 0.717) is 13.1 Å². The Morgan fingerprint density at radius 2 is 2.11 bits per heavy atom. The molecule has 1 aromatic carbocycles. The molecule has 2 unspecified atom stereocenters. The molecule has 0 bridgehead atoms. The van der Waals surface area contributed by atoms with E-state index in [4.69, 9.17) is 10.5 Å². The molecule has 0 aliphatic carbocycles. The predicted octanol–water partition coefficient (Wildman–Crippen LogP) is 1.93. The van der Waals surface area contributed by atoms with Crippen LogP contribution in [0, 0.1) is 5.92 Å². The molecule has 0 aromatic heterocycles. The van der Waals surface area contributed by atoms with Gasteiger partial charge < -0.3 is 15.8 Å². The van der Waals surface area contributed by atoms with E-state index in [1.165, 1.54) is 0 Å². The Hall–Kier alpha value is -1.07. The van der Waals surface area contributed by atoms with Crippen LogP contribution in [-0.2, 0) is 4.79 Å². The summed E-state index contributed by atoms with van der Waals surface area (Å²) in [6, 6.07) is 7.62. The number of ether oxygens (including phenoxy) is 1. The fourth-order valence-corrected chi connectivity index (χ4v) is 1.70. The highest BCUT2D eigenvalue weighted by atomic mass is 79.9. The van der Waals surface area contributed by atoms with Crippen LogP contribution in [0.4, 0.5) is 0 Å². The van der Waals surface area contributed by atoms with E-state index < -0.39 is 0 Å². The molecule has 0 heterocycles. The molecule has 3 N–H and O–H groups in total. The lowest BCUT2D eigenvalue weighted by atomic mass is 10.1. The van der Waals surface area contributed by atoms with Crippen molar-refractivity contribution in [3.63, 3.8) is 0 Å². The molecule has 0 saturated carbocycles. The van der Waals surface area contributed by atoms with E-state index in [1.54, 1.807) is 6.92 Å². The zero-order valence-electron chi connectivity index (χ0n) is 10.7. The topological polar surface area (TPSA) is 64.4 Å². The molecule has 0 spiro atoms. The van der Waals surface area contributed by atoms with Crippen molar-refractivity contribution < 1.29 is 9.53 Å². The van der Waals surface area contributed by atoms with Crippen molar-refractivity contribution in [3.8, 4) is 5.75 Å². The molecular weight excluding hydrogens is 296 g/mol. The molecule has 100 valence electrons. The summed E-state index contributed by atoms with van der Waals surface area (Å²) in [4.78, 5) is 11.5. The fraction of sp³-hybridized carbons (Fsp3) is 0.462. The van der Waals surface area contributed by atoms with E-state index in [-0.39, 0.29) is 17.9 Å². The monoisotopic (exact) mass is 314 g/mol. The Labute approximate surface area is 116 Å². The van der Waals surface area contributed by atoms with Gasteiger partial charge in [0.25, 0.3) is 0 Å². The zero-order valence-corrected chi connectivity index (χ0v) is 12.2. The Morgan fingerprint density at radius 3 is 2.72 bits per heavy atom. The van der Waals surface area contributed by atoms with E-state index in [9.17, 15) is 4.79 Å². The third-order valence-electron chi connectivity index (χ3n) is 2.53. The van der Waals surface area contributed by atoms with Crippen LogP contribution in [0.3, 0.4) is 0 Å². The van der Waals surface area contributed by atoms with Crippen molar-refractivity contribution in [1.29, 1.82) is 0 Å². The minimum absolute atomic E-state index is 0.0416. The Morgan fingerprint density at radius 1 is 1.44 bits per heavy atom. The highest BCUT2D eigenvalue weighted by Gasteiger charge is 2.12. The van der Waals surface area contributed by atoms with Crippen molar-refractivity contribution >= 4 is 21.8 Å². The second kappa shape index (κ2) is 7.38. The number of para-hydroxylation sites is 1. The van der Waals surface area contributed by atoms with Gasteiger partial charge >= 0.3 is 0 Å². The van der Waals surface area contributed by atoms with E-state index in [0.717, 1.165) is 10.2 Å². The second-order valence-electron chi connectivity index (χ2n) is 4.24. The number of rotatable bonds is 6. The lowest BCUT2D eigenvalue weighted by Gasteiger charge is -2.17. The van der Waals surface area contributed by atoms with Crippen molar-refractivity contribution in [3.05, 3.63) is 28.7 Å². The molecule has 0 fully saturated rings. The van der Waals surface area contributed by atoms with Gasteiger partial charge in [0.2, 0.25) is 5.91 Å². The summed E-state index contributed by atoms with van der Waals surface area (Å²) in [5.74, 6) is 0.562. The van der Waals surface area contributed by atoms with Crippen LogP contribution in [0.15, 0.2) is 28.7 Å². The van der Waals surface area contributed by atoms with Crippen LogP contribution in [0.1, 0.15) is 13.8 Å². The van der Waals surface area contributed by atoms with Gasteiger partial charge in [-0.15, -0.1) is 0 Å². The van der Waals surface area contributed by atoms with Crippen LogP contribution in [0.2, 0.25) is 0 Å². The summed E-state index contributed by atoms with van der Waals surface area (Å²) in [6.45, 7) is 4.53. The maximum atomic E-state index is 11.5. The van der Waals surface area contributed by atoms with Gasteiger partial charge in [-0.3, -0.25) is 4.79 Å². The summed E-state index contributed by atoms with van der Waals surface area (Å²) < 4.78 is 6.62. The van der Waals surface area contributed by atoms with Crippen LogP contribution >= 0.6 is 15.9 Å². The molecule has 1 rings (SSSR count). The number of halogens is 1. The number of nitrogens with two attached hydrogens (primary N) is 1. The maximum absolute atomic E-state index is 11.5. The first-order chi connectivity index (χ1) is 8.54. The SMILES string of the molecule is CC(CNC(=O)C(C)CN)Oc1ccccc1Br. The lowest BCUT2D eigenvalue weighted by molar-refractivity contribution is -0.124. The first-order valence-corrected chi connectivity index (χ1v) is 6.72. The van der Waals surface area contributed by atoms with Crippen LogP contribution < -0.4 is 15.8 Å². The molecular formula is C13H19BrN2O2. The molecule has 0 aliphatic heterocycles. The van der Waals surface area contributed by atoms with Crippen molar-refractivity contribution in [2.45, 2.75) is 20.0 Å². The third-order valence-corrected chi connectivity index (χ3v) is 3.18. The highest BCUT2D eigenvalue weighted by Crippen LogP contribution is 2.24. The van der Waals surface area contributed by atoms with Crippen molar-refractivity contribution in [2.24, 2.45) is 11.7 Å². The average Bonchev–Trinajstić information content (AvgIpc) is 2.37. The molecule has 18 heavy (non-hydrogen) atoms. The maximum Gasteiger partial charge on any atom is 0.224 e. The molecule has 1 aromatic rings. The van der Waals surface area contributed by atoms with Crippen LogP contribution in [-0.4, -0.2) is 25.1 Å². The van der Waals surface area contributed by atoms with Gasteiger partial charge in [-0.1, -0.05) is 19.1 Å². The Bertz CT molecular complexity index is 398. The molecule has 0 aliphatic rings. The smallest absolute Gasteiger partial charge is 0.224 e. The third kappa shape index (κ3) is 4.66. The summed E-state index contributed by atoms with van der Waals surface area (Å²) in [5, 5.41) is 2.81. The van der Waals surface area contributed by atoms with E-state index in [1.807, 2.05) is 31.2 Å². The van der Waals surface area contributed by atoms with Crippen molar-refractivity contribution in [1.82, 2.24) is 5.32 Å². The number of carbonyl (C=O) groups excluding carboxylic acids is 1. The van der Waals surface area contributed by atoms with Gasteiger partial charge in [0, 0.05) is 12.5 Å². The molecule has 4 nitrogen and oxygen atoms in total. The van der Waals surface area contributed by atoms with Gasteiger partial charge in [0.15, 0.2) is 0 Å². The number of nitrogens with one attached hydrogen (secondary N) is 1. The molecule has 5 heteroatoms. The van der Waals surface area contributed by atoms with Gasteiger partial charge in [0.1, 0.15) is 11.9 Å². The second-order valence-corrected chi connectivity index (χ2v) is 5.10. The normalized spacial score (nSPS) is 13.8. The van der Waals surface area contributed by atoms with Gasteiger partial charge in [-0.05, 0) is 35.0 Å². The predicted molar refractivity (Wildman–Crippen MR) is 75.5 cm³/mol. The quantitative estimate of drug-likeness (QED) is 0.843. The van der Waals surface area contributed by atoms with Gasteiger partial charge in [-0.25, -0.2) is 0 Å². The van der Waals surface area contributed by atoms with Gasteiger partial charge in [-0.2, -0.15) is 0 Å². The van der Waals surface area contributed by atoms with E-state index in [2.05, 4.69) is 21.2 Å². The first-order valence-electron chi connectivity index (χ1n) is 5.93. The van der Waals surface area contributed by atoms with Gasteiger partial charge in [0.05, 0.1) is 11.0 Å². The van der Waals surface area contributed by atoms with Crippen molar-refractivity contribution in [2.75, 3.05) is 13.1 Å². The minimum atomic E-state index is -0.166. The number of hydrogen-bond donors (Lipinski definition) is 2. The van der Waals surface area contributed by atoms with Crippen LogP contribution in [0.5, 0.6) is 5.75 Å². The standard InChI is InChI=1S/C13H19BrN2O2/c1-9(7-15)13(17)16-8-10(2)18-12-6-4-3-5-11(12)14/h3-6,9-10H,7-8,15H2,1-2H3,(H,16,17). The Kier molecular flexibility index (Phi) is 6.15. The Balaban J connectivity index is 2.41. The molecule has 2 atom stereocenters. The zero-order chi connectivity index (χ0) is 13.5. The molecule has 0 radical (unpaired) electrons. The van der Waals surface area contributed by atoms with Crippen LogP contribution in [0.25, 0.3) is 0 Å². The summed E-state index contributed by atoms with van der Waals surface area (Å²) in [6.07, 6.45) is -0.0994. The summed E-state index contributed by atoms with van der Waals surface area (Å²) in [7, 11) is 0. The molecule has 0 saturated heterocycles. The highest BCUT2D eigenvalue weighted by molar-refractivity contribution is 9.10. The summed E-state index contributed by atoms with van der Waals surface area (Å²) in [5.41, 5.74) is 5.42. The first kappa shape index (κ1) is 15.0. The largest absolute Gasteiger partial charge is 0.488 e. The number of hydrogen-bond acceptors (Lipinski definition) is 3. The summed E-state index contributed by atoms with van der Waals surface area (Å²) >= 11 is 3.41. The lowest BCUT2D eigenvalue weighted by Crippen LogP contribution is -2.38. The molecule has 1 amide bonds. The number of benzene rings is 1. The van der Waals surface area contributed by atoms with E-state index >= 15 is 0 Å².